The molecule has 2 aliphatic rings. The van der Waals surface area contributed by atoms with E-state index in [0.717, 1.165) is 32.0 Å². The molecular weight excluding hydrogens is 242 g/mol. The van der Waals surface area contributed by atoms with E-state index in [9.17, 15) is 5.26 Å². The lowest BCUT2D eigenvalue weighted by atomic mass is 9.97. The fraction of sp³-hybridized carbons (Fsp3) is 0.571. The van der Waals surface area contributed by atoms with Crippen molar-refractivity contribution >= 4 is 5.82 Å². The maximum Gasteiger partial charge on any atom is 0.146 e. The van der Waals surface area contributed by atoms with E-state index < -0.39 is 0 Å². The van der Waals surface area contributed by atoms with Gasteiger partial charge in [-0.3, -0.25) is 0 Å². The third-order valence-electron chi connectivity index (χ3n) is 3.85. The fourth-order valence-electron chi connectivity index (χ4n) is 2.85. The highest BCUT2D eigenvalue weighted by Crippen LogP contribution is 2.28. The molecule has 1 aromatic rings. The standard InChI is InChI=1S/C14H17N3O2/c15-8-11-2-1-4-16-14(11)17-5-7-19-10-13(17)12-3-6-18-9-12/h1-2,4,12-13H,3,5-7,9-10H2. The van der Waals surface area contributed by atoms with Crippen LogP contribution < -0.4 is 4.90 Å². The molecule has 2 fully saturated rings. The third-order valence-corrected chi connectivity index (χ3v) is 3.85. The molecule has 0 aromatic carbocycles. The topological polar surface area (TPSA) is 58.4 Å². The summed E-state index contributed by atoms with van der Waals surface area (Å²) >= 11 is 0. The molecule has 0 saturated carbocycles. The van der Waals surface area contributed by atoms with Crippen molar-refractivity contribution < 1.29 is 9.47 Å². The van der Waals surface area contributed by atoms with Gasteiger partial charge < -0.3 is 14.4 Å². The lowest BCUT2D eigenvalue weighted by Gasteiger charge is -2.39. The zero-order chi connectivity index (χ0) is 13.1. The number of pyridine rings is 1. The molecule has 2 saturated heterocycles. The summed E-state index contributed by atoms with van der Waals surface area (Å²) in [7, 11) is 0. The monoisotopic (exact) mass is 259 g/mol. The first kappa shape index (κ1) is 12.4. The van der Waals surface area contributed by atoms with Gasteiger partial charge in [0.2, 0.25) is 0 Å². The summed E-state index contributed by atoms with van der Waals surface area (Å²) in [4.78, 5) is 6.63. The Morgan fingerprint density at radius 3 is 3.00 bits per heavy atom. The van der Waals surface area contributed by atoms with E-state index in [0.29, 0.717) is 24.7 Å². The summed E-state index contributed by atoms with van der Waals surface area (Å²) in [6, 6.07) is 6.11. The Morgan fingerprint density at radius 2 is 2.21 bits per heavy atom. The number of nitrogens with zero attached hydrogens (tertiary/aromatic N) is 3. The summed E-state index contributed by atoms with van der Waals surface area (Å²) in [5.41, 5.74) is 0.633. The van der Waals surface area contributed by atoms with Gasteiger partial charge in [0.15, 0.2) is 0 Å². The van der Waals surface area contributed by atoms with Crippen molar-refractivity contribution in [2.75, 3.05) is 37.9 Å². The predicted octanol–water partition coefficient (Wildman–Crippen LogP) is 1.19. The molecule has 3 heterocycles. The fourth-order valence-corrected chi connectivity index (χ4v) is 2.85. The number of morpholine rings is 1. The lowest BCUT2D eigenvalue weighted by Crippen LogP contribution is -2.50. The normalized spacial score (nSPS) is 27.2. The second kappa shape index (κ2) is 5.55. The molecule has 0 N–H and O–H groups in total. The van der Waals surface area contributed by atoms with Gasteiger partial charge in [-0.1, -0.05) is 0 Å². The molecule has 2 unspecified atom stereocenters. The molecule has 3 rings (SSSR count). The maximum absolute atomic E-state index is 9.23. The molecule has 5 nitrogen and oxygen atoms in total. The Labute approximate surface area is 112 Å². The number of nitriles is 1. The Kier molecular flexibility index (Phi) is 3.62. The van der Waals surface area contributed by atoms with E-state index in [1.54, 1.807) is 12.3 Å². The van der Waals surface area contributed by atoms with E-state index in [4.69, 9.17) is 9.47 Å². The minimum Gasteiger partial charge on any atom is -0.381 e. The van der Waals surface area contributed by atoms with Gasteiger partial charge in [0.1, 0.15) is 11.9 Å². The van der Waals surface area contributed by atoms with Crippen LogP contribution in [0.5, 0.6) is 0 Å². The first-order valence-electron chi connectivity index (χ1n) is 6.67. The van der Waals surface area contributed by atoms with Gasteiger partial charge in [-0.05, 0) is 18.6 Å². The Morgan fingerprint density at radius 1 is 1.32 bits per heavy atom. The first-order chi connectivity index (χ1) is 9.40. The largest absolute Gasteiger partial charge is 0.381 e. The Bertz CT molecular complexity index is 480. The number of hydrogen-bond donors (Lipinski definition) is 0. The zero-order valence-electron chi connectivity index (χ0n) is 10.8. The number of ether oxygens (including phenoxy) is 2. The molecule has 0 spiro atoms. The second-order valence-electron chi connectivity index (χ2n) is 4.95. The summed E-state index contributed by atoms with van der Waals surface area (Å²) in [6.07, 6.45) is 2.80. The van der Waals surface area contributed by atoms with Crippen LogP contribution in [0.3, 0.4) is 0 Å². The Hall–Kier alpha value is -1.64. The van der Waals surface area contributed by atoms with Crippen LogP contribution in [0.2, 0.25) is 0 Å². The average Bonchev–Trinajstić information content (AvgIpc) is 3.01. The lowest BCUT2D eigenvalue weighted by molar-refractivity contribution is 0.0706. The second-order valence-corrected chi connectivity index (χ2v) is 4.95. The molecule has 0 radical (unpaired) electrons. The van der Waals surface area contributed by atoms with Crippen LogP contribution >= 0.6 is 0 Å². The maximum atomic E-state index is 9.23. The summed E-state index contributed by atoms with van der Waals surface area (Å²) in [5, 5.41) is 9.23. The highest BCUT2D eigenvalue weighted by atomic mass is 16.5. The van der Waals surface area contributed by atoms with Gasteiger partial charge in [0.25, 0.3) is 0 Å². The van der Waals surface area contributed by atoms with Gasteiger partial charge in [0.05, 0.1) is 31.4 Å². The van der Waals surface area contributed by atoms with Gasteiger partial charge >= 0.3 is 0 Å². The number of aromatic nitrogens is 1. The van der Waals surface area contributed by atoms with E-state index in [1.807, 2.05) is 6.07 Å². The van der Waals surface area contributed by atoms with Crippen LogP contribution in [0.1, 0.15) is 12.0 Å². The van der Waals surface area contributed by atoms with Crippen LogP contribution in [0.15, 0.2) is 18.3 Å². The minimum atomic E-state index is 0.262. The zero-order valence-corrected chi connectivity index (χ0v) is 10.8. The van der Waals surface area contributed by atoms with Gasteiger partial charge in [-0.25, -0.2) is 4.98 Å². The quantitative estimate of drug-likeness (QED) is 0.798. The van der Waals surface area contributed by atoms with Crippen molar-refractivity contribution in [2.24, 2.45) is 5.92 Å². The molecular formula is C14H17N3O2. The van der Waals surface area contributed by atoms with Crippen molar-refractivity contribution in [3.8, 4) is 6.07 Å². The van der Waals surface area contributed by atoms with Crippen LogP contribution in [0.25, 0.3) is 0 Å². The SMILES string of the molecule is N#Cc1cccnc1N1CCOCC1C1CCOC1. The molecule has 0 aliphatic carbocycles. The van der Waals surface area contributed by atoms with Gasteiger partial charge in [-0.2, -0.15) is 5.26 Å². The molecule has 0 bridgehead atoms. The minimum absolute atomic E-state index is 0.262. The summed E-state index contributed by atoms with van der Waals surface area (Å²) in [6.45, 7) is 3.76. The number of anilines is 1. The average molecular weight is 259 g/mol. The molecule has 19 heavy (non-hydrogen) atoms. The van der Waals surface area contributed by atoms with E-state index in [-0.39, 0.29) is 6.04 Å². The number of hydrogen-bond acceptors (Lipinski definition) is 5. The molecule has 1 aromatic heterocycles. The van der Waals surface area contributed by atoms with Gasteiger partial charge in [0, 0.05) is 25.3 Å². The van der Waals surface area contributed by atoms with Crippen molar-refractivity contribution in [1.29, 1.82) is 5.26 Å². The molecule has 2 atom stereocenters. The van der Waals surface area contributed by atoms with Crippen molar-refractivity contribution in [3.63, 3.8) is 0 Å². The Balaban J connectivity index is 1.89. The van der Waals surface area contributed by atoms with E-state index in [1.165, 1.54) is 0 Å². The van der Waals surface area contributed by atoms with Crippen LogP contribution in [-0.2, 0) is 9.47 Å². The van der Waals surface area contributed by atoms with E-state index in [2.05, 4.69) is 16.0 Å². The van der Waals surface area contributed by atoms with Crippen molar-refractivity contribution in [3.05, 3.63) is 23.9 Å². The highest BCUT2D eigenvalue weighted by molar-refractivity contribution is 5.54. The smallest absolute Gasteiger partial charge is 0.146 e. The van der Waals surface area contributed by atoms with E-state index >= 15 is 0 Å². The van der Waals surface area contributed by atoms with Crippen molar-refractivity contribution in [1.82, 2.24) is 4.98 Å². The third kappa shape index (κ3) is 2.42. The van der Waals surface area contributed by atoms with Crippen molar-refractivity contribution in [2.45, 2.75) is 12.5 Å². The predicted molar refractivity (Wildman–Crippen MR) is 69.8 cm³/mol. The van der Waals surface area contributed by atoms with Crippen LogP contribution in [0, 0.1) is 17.2 Å². The van der Waals surface area contributed by atoms with Gasteiger partial charge in [-0.15, -0.1) is 0 Å². The summed E-state index contributed by atoms with van der Waals surface area (Å²) < 4.78 is 11.1. The van der Waals surface area contributed by atoms with Crippen LogP contribution in [-0.4, -0.2) is 44.0 Å². The molecule has 100 valence electrons. The molecule has 5 heteroatoms. The first-order valence-corrected chi connectivity index (χ1v) is 6.67. The molecule has 0 amide bonds. The highest BCUT2D eigenvalue weighted by Gasteiger charge is 2.34. The molecule has 2 aliphatic heterocycles. The summed E-state index contributed by atoms with van der Waals surface area (Å²) in [5.74, 6) is 1.25. The van der Waals surface area contributed by atoms with Crippen LogP contribution in [0.4, 0.5) is 5.82 Å². The number of rotatable bonds is 2.